The fraction of sp³-hybridized carbons (Fsp3) is 0.350. The van der Waals surface area contributed by atoms with Gasteiger partial charge in [-0.3, -0.25) is 4.79 Å². The third-order valence-corrected chi connectivity index (χ3v) is 5.16. The van der Waals surface area contributed by atoms with Crippen LogP contribution in [-0.2, 0) is 16.8 Å². The van der Waals surface area contributed by atoms with E-state index in [-0.39, 0.29) is 11.4 Å². The first kappa shape index (κ1) is 16.8. The number of nitrogens with one attached hydrogen (secondary N) is 1. The lowest BCUT2D eigenvalue weighted by Gasteiger charge is -2.31. The molecule has 1 fully saturated rings. The minimum absolute atomic E-state index is 0.0788. The molecule has 1 aliphatic carbocycles. The van der Waals surface area contributed by atoms with Gasteiger partial charge < -0.3 is 11.1 Å². The van der Waals surface area contributed by atoms with Crippen molar-refractivity contribution < 1.29 is 4.79 Å². The van der Waals surface area contributed by atoms with E-state index in [1.54, 1.807) is 0 Å². The van der Waals surface area contributed by atoms with E-state index in [2.05, 4.69) is 5.32 Å². The third-order valence-electron chi connectivity index (χ3n) is 4.91. The zero-order valence-corrected chi connectivity index (χ0v) is 14.5. The molecule has 1 aliphatic rings. The van der Waals surface area contributed by atoms with Crippen LogP contribution in [-0.4, -0.2) is 5.91 Å². The molecule has 0 unspecified atom stereocenters. The molecule has 3 N–H and O–H groups in total. The lowest BCUT2D eigenvalue weighted by atomic mass is 9.88. The SMILES string of the molecule is Nc1ccccc1CCC(=O)NC1(c2ccc(Cl)cc2)CCCC1. The molecule has 1 amide bonds. The van der Waals surface area contributed by atoms with E-state index in [4.69, 9.17) is 17.3 Å². The van der Waals surface area contributed by atoms with Crippen molar-refractivity contribution in [3.63, 3.8) is 0 Å². The fourth-order valence-electron chi connectivity index (χ4n) is 3.57. The Morgan fingerprint density at radius 3 is 2.42 bits per heavy atom. The summed E-state index contributed by atoms with van der Waals surface area (Å²) in [6.07, 6.45) is 5.34. The Morgan fingerprint density at radius 2 is 1.75 bits per heavy atom. The van der Waals surface area contributed by atoms with E-state index in [9.17, 15) is 4.79 Å². The van der Waals surface area contributed by atoms with Crippen LogP contribution in [0.15, 0.2) is 48.5 Å². The number of aryl methyl sites for hydroxylation is 1. The summed E-state index contributed by atoms with van der Waals surface area (Å²) in [6, 6.07) is 15.6. The van der Waals surface area contributed by atoms with Gasteiger partial charge in [0.1, 0.15) is 0 Å². The minimum atomic E-state index is -0.246. The van der Waals surface area contributed by atoms with Crippen LogP contribution in [0.2, 0.25) is 5.02 Å². The van der Waals surface area contributed by atoms with Crippen LogP contribution in [0, 0.1) is 0 Å². The first-order chi connectivity index (χ1) is 11.6. The Morgan fingerprint density at radius 1 is 1.08 bits per heavy atom. The van der Waals surface area contributed by atoms with E-state index in [0.29, 0.717) is 12.8 Å². The van der Waals surface area contributed by atoms with Gasteiger partial charge in [0.15, 0.2) is 0 Å². The molecular formula is C20H23ClN2O. The Balaban J connectivity index is 1.68. The van der Waals surface area contributed by atoms with Gasteiger partial charge in [0.2, 0.25) is 5.91 Å². The molecule has 0 heterocycles. The van der Waals surface area contributed by atoms with Crippen molar-refractivity contribution in [2.75, 3.05) is 5.73 Å². The van der Waals surface area contributed by atoms with Crippen molar-refractivity contribution >= 4 is 23.2 Å². The third kappa shape index (κ3) is 3.73. The van der Waals surface area contributed by atoms with Gasteiger partial charge in [0.25, 0.3) is 0 Å². The van der Waals surface area contributed by atoms with Gasteiger partial charge >= 0.3 is 0 Å². The van der Waals surface area contributed by atoms with Crippen LogP contribution in [0.3, 0.4) is 0 Å². The summed E-state index contributed by atoms with van der Waals surface area (Å²) in [5, 5.41) is 4.02. The van der Waals surface area contributed by atoms with Gasteiger partial charge in [-0.05, 0) is 48.6 Å². The van der Waals surface area contributed by atoms with Crippen molar-refractivity contribution in [2.24, 2.45) is 0 Å². The molecule has 0 spiro atoms. The second kappa shape index (κ2) is 7.27. The zero-order chi connectivity index (χ0) is 17.0. The van der Waals surface area contributed by atoms with Gasteiger partial charge in [0, 0.05) is 17.1 Å². The standard InChI is InChI=1S/C20H23ClN2O/c21-17-10-8-16(9-11-17)20(13-3-4-14-20)23-19(24)12-7-15-5-1-2-6-18(15)22/h1-2,5-6,8-11H,3-4,7,12-14,22H2,(H,23,24). The summed E-state index contributed by atoms with van der Waals surface area (Å²) in [7, 11) is 0. The summed E-state index contributed by atoms with van der Waals surface area (Å²) in [4.78, 5) is 12.6. The van der Waals surface area contributed by atoms with E-state index >= 15 is 0 Å². The van der Waals surface area contributed by atoms with Gasteiger partial charge in [-0.15, -0.1) is 0 Å². The first-order valence-electron chi connectivity index (χ1n) is 8.49. The van der Waals surface area contributed by atoms with Crippen molar-refractivity contribution in [1.82, 2.24) is 5.32 Å². The van der Waals surface area contributed by atoms with Crippen molar-refractivity contribution in [2.45, 2.75) is 44.1 Å². The number of hydrogen-bond acceptors (Lipinski definition) is 2. The van der Waals surface area contributed by atoms with E-state index < -0.39 is 0 Å². The van der Waals surface area contributed by atoms with Crippen LogP contribution < -0.4 is 11.1 Å². The highest BCUT2D eigenvalue weighted by Gasteiger charge is 2.36. The van der Waals surface area contributed by atoms with Gasteiger partial charge in [-0.1, -0.05) is 54.8 Å². The number of benzene rings is 2. The molecule has 3 rings (SSSR count). The molecule has 4 heteroatoms. The molecule has 2 aromatic carbocycles. The Labute approximate surface area is 148 Å². The first-order valence-corrected chi connectivity index (χ1v) is 8.87. The second-order valence-corrected chi connectivity index (χ2v) is 6.98. The fourth-order valence-corrected chi connectivity index (χ4v) is 3.70. The number of rotatable bonds is 5. The summed E-state index contributed by atoms with van der Waals surface area (Å²) in [5.41, 5.74) is 8.64. The molecular weight excluding hydrogens is 320 g/mol. The van der Waals surface area contributed by atoms with Crippen LogP contribution in [0.5, 0.6) is 0 Å². The monoisotopic (exact) mass is 342 g/mol. The smallest absolute Gasteiger partial charge is 0.221 e. The Hall–Kier alpha value is -2.00. The number of halogens is 1. The van der Waals surface area contributed by atoms with Crippen molar-refractivity contribution in [3.05, 3.63) is 64.7 Å². The summed E-state index contributed by atoms with van der Waals surface area (Å²) >= 11 is 6.00. The van der Waals surface area contributed by atoms with Crippen molar-refractivity contribution in [1.29, 1.82) is 0 Å². The largest absolute Gasteiger partial charge is 0.399 e. The molecule has 2 aromatic rings. The van der Waals surface area contributed by atoms with Gasteiger partial charge in [-0.25, -0.2) is 0 Å². The number of hydrogen-bond donors (Lipinski definition) is 2. The van der Waals surface area contributed by atoms with Gasteiger partial charge in [-0.2, -0.15) is 0 Å². The number of carbonyl (C=O) groups is 1. The number of para-hydroxylation sites is 1. The molecule has 126 valence electrons. The van der Waals surface area contributed by atoms with Crippen LogP contribution >= 0.6 is 11.6 Å². The highest BCUT2D eigenvalue weighted by Crippen LogP contribution is 2.39. The average molecular weight is 343 g/mol. The number of nitrogens with two attached hydrogens (primary N) is 1. The summed E-state index contributed by atoms with van der Waals surface area (Å²) < 4.78 is 0. The maximum atomic E-state index is 12.6. The van der Waals surface area contributed by atoms with Gasteiger partial charge in [0.05, 0.1) is 5.54 Å². The molecule has 1 saturated carbocycles. The average Bonchev–Trinajstić information content (AvgIpc) is 3.04. The van der Waals surface area contributed by atoms with Crippen LogP contribution in [0.4, 0.5) is 5.69 Å². The summed E-state index contributed by atoms with van der Waals surface area (Å²) in [6.45, 7) is 0. The van der Waals surface area contributed by atoms with E-state index in [1.807, 2.05) is 48.5 Å². The van der Waals surface area contributed by atoms with Crippen LogP contribution in [0.25, 0.3) is 0 Å². The Bertz CT molecular complexity index is 706. The molecule has 0 aromatic heterocycles. The maximum Gasteiger partial charge on any atom is 0.221 e. The Kier molecular flexibility index (Phi) is 5.10. The normalized spacial score (nSPS) is 16.0. The lowest BCUT2D eigenvalue weighted by molar-refractivity contribution is -0.123. The molecule has 3 nitrogen and oxygen atoms in total. The molecule has 0 radical (unpaired) electrons. The van der Waals surface area contributed by atoms with Crippen molar-refractivity contribution in [3.8, 4) is 0 Å². The minimum Gasteiger partial charge on any atom is -0.399 e. The van der Waals surface area contributed by atoms with E-state index in [1.165, 1.54) is 0 Å². The zero-order valence-electron chi connectivity index (χ0n) is 13.7. The predicted octanol–water partition coefficient (Wildman–Crippen LogP) is 4.44. The number of nitrogen functional groups attached to an aromatic ring is 1. The predicted molar refractivity (Wildman–Crippen MR) is 98.9 cm³/mol. The number of carbonyl (C=O) groups excluding carboxylic acids is 1. The highest BCUT2D eigenvalue weighted by molar-refractivity contribution is 6.30. The number of amides is 1. The molecule has 0 bridgehead atoms. The molecule has 0 saturated heterocycles. The molecule has 24 heavy (non-hydrogen) atoms. The van der Waals surface area contributed by atoms with Crippen LogP contribution in [0.1, 0.15) is 43.2 Å². The quantitative estimate of drug-likeness (QED) is 0.789. The highest BCUT2D eigenvalue weighted by atomic mass is 35.5. The lowest BCUT2D eigenvalue weighted by Crippen LogP contribution is -2.43. The topological polar surface area (TPSA) is 55.1 Å². The van der Waals surface area contributed by atoms with E-state index in [0.717, 1.165) is 47.5 Å². The molecule has 0 aliphatic heterocycles. The maximum absolute atomic E-state index is 12.6. The molecule has 0 atom stereocenters. The summed E-state index contributed by atoms with van der Waals surface area (Å²) in [5.74, 6) is 0.0788. The number of anilines is 1. The second-order valence-electron chi connectivity index (χ2n) is 6.54.